The third kappa shape index (κ3) is 4.66. The second kappa shape index (κ2) is 6.97. The number of nitrogens with one attached hydrogen (secondary N) is 1. The van der Waals surface area contributed by atoms with Gasteiger partial charge in [0, 0.05) is 15.7 Å². The Morgan fingerprint density at radius 3 is 2.43 bits per heavy atom. The molecule has 0 saturated carbocycles. The Kier molecular flexibility index (Phi) is 5.58. The van der Waals surface area contributed by atoms with Crippen LogP contribution in [0.15, 0.2) is 18.2 Å². The molecule has 1 amide bonds. The Labute approximate surface area is 131 Å². The van der Waals surface area contributed by atoms with Crippen LogP contribution in [0.1, 0.15) is 16.8 Å². The average Bonchev–Trinajstić information content (AvgIpc) is 2.37. The number of hydrogen-bond acceptors (Lipinski definition) is 5. The topological polar surface area (TPSA) is 147 Å². The molecular formula is C11H9IN2O7. The summed E-state index contributed by atoms with van der Waals surface area (Å²) in [7, 11) is 0. The number of carbonyl (C=O) groups is 3. The van der Waals surface area contributed by atoms with E-state index in [0.29, 0.717) is 3.57 Å². The molecule has 0 aromatic heterocycles. The largest absolute Gasteiger partial charge is 0.481 e. The summed E-state index contributed by atoms with van der Waals surface area (Å²) in [4.78, 5) is 43.3. The van der Waals surface area contributed by atoms with Crippen LogP contribution >= 0.6 is 22.6 Å². The minimum atomic E-state index is -1.62. The van der Waals surface area contributed by atoms with E-state index in [4.69, 9.17) is 10.2 Å². The van der Waals surface area contributed by atoms with Crippen LogP contribution in [0.5, 0.6) is 0 Å². The zero-order valence-corrected chi connectivity index (χ0v) is 12.4. The molecule has 3 N–H and O–H groups in total. The van der Waals surface area contributed by atoms with Crippen LogP contribution in [-0.4, -0.2) is 39.0 Å². The third-order valence-electron chi connectivity index (χ3n) is 2.39. The van der Waals surface area contributed by atoms with Gasteiger partial charge in [0.1, 0.15) is 6.04 Å². The lowest BCUT2D eigenvalue weighted by molar-refractivity contribution is -0.384. The molecule has 0 unspecified atom stereocenters. The number of benzene rings is 1. The van der Waals surface area contributed by atoms with E-state index in [9.17, 15) is 24.5 Å². The predicted octanol–water partition coefficient (Wildman–Crippen LogP) is 0.857. The van der Waals surface area contributed by atoms with Crippen LogP contribution < -0.4 is 5.32 Å². The molecule has 0 aliphatic carbocycles. The predicted molar refractivity (Wildman–Crippen MR) is 77.0 cm³/mol. The maximum atomic E-state index is 11.9. The molecule has 10 heteroatoms. The summed E-state index contributed by atoms with van der Waals surface area (Å²) >= 11 is 1.76. The fourth-order valence-electron chi connectivity index (χ4n) is 1.41. The normalized spacial score (nSPS) is 11.5. The number of carboxylic acid groups (broad SMARTS) is 2. The number of nitro benzene ring substituents is 1. The first kappa shape index (κ1) is 16.8. The summed E-state index contributed by atoms with van der Waals surface area (Å²) in [6, 6.07) is 1.91. The Balaban J connectivity index is 3.02. The first-order chi connectivity index (χ1) is 9.72. The maximum Gasteiger partial charge on any atom is 0.326 e. The third-order valence-corrected chi connectivity index (χ3v) is 3.33. The van der Waals surface area contributed by atoms with Gasteiger partial charge in [0.2, 0.25) is 0 Å². The van der Waals surface area contributed by atoms with Crippen LogP contribution in [0.3, 0.4) is 0 Å². The number of carboxylic acids is 2. The highest BCUT2D eigenvalue weighted by Gasteiger charge is 2.25. The highest BCUT2D eigenvalue weighted by Crippen LogP contribution is 2.19. The van der Waals surface area contributed by atoms with Crippen molar-refractivity contribution in [3.8, 4) is 0 Å². The number of carbonyl (C=O) groups excluding carboxylic acids is 1. The van der Waals surface area contributed by atoms with E-state index >= 15 is 0 Å². The summed E-state index contributed by atoms with van der Waals surface area (Å²) in [6.07, 6.45) is -0.799. The van der Waals surface area contributed by atoms with Gasteiger partial charge in [0.05, 0.1) is 16.9 Å². The number of aliphatic carboxylic acids is 2. The first-order valence-corrected chi connectivity index (χ1v) is 6.49. The van der Waals surface area contributed by atoms with E-state index in [1.54, 1.807) is 22.6 Å². The molecule has 1 atom stereocenters. The van der Waals surface area contributed by atoms with E-state index < -0.39 is 35.2 Å². The highest BCUT2D eigenvalue weighted by atomic mass is 127. The molecule has 9 nitrogen and oxygen atoms in total. The number of nitrogens with zero attached hydrogens (tertiary/aromatic N) is 1. The maximum absolute atomic E-state index is 11.9. The molecule has 0 bridgehead atoms. The number of hydrogen-bond donors (Lipinski definition) is 3. The lowest BCUT2D eigenvalue weighted by Crippen LogP contribution is -2.42. The summed E-state index contributed by atoms with van der Waals surface area (Å²) < 4.78 is 0.371. The number of amides is 1. The van der Waals surface area contributed by atoms with Crippen molar-refractivity contribution in [2.24, 2.45) is 0 Å². The summed E-state index contributed by atoms with van der Waals surface area (Å²) in [5.41, 5.74) is -0.424. The van der Waals surface area contributed by atoms with Gasteiger partial charge in [0.25, 0.3) is 11.6 Å². The Bertz CT molecular complexity index is 617. The quantitative estimate of drug-likeness (QED) is 0.359. The van der Waals surface area contributed by atoms with Gasteiger partial charge in [-0.3, -0.25) is 19.7 Å². The average molecular weight is 408 g/mol. The van der Waals surface area contributed by atoms with Crippen molar-refractivity contribution >= 4 is 46.1 Å². The van der Waals surface area contributed by atoms with Gasteiger partial charge in [-0.1, -0.05) is 0 Å². The zero-order valence-electron chi connectivity index (χ0n) is 10.3. The van der Waals surface area contributed by atoms with Gasteiger partial charge in [-0.05, 0) is 28.7 Å². The van der Waals surface area contributed by atoms with Crippen molar-refractivity contribution in [1.82, 2.24) is 5.32 Å². The van der Waals surface area contributed by atoms with Crippen LogP contribution in [0.4, 0.5) is 5.69 Å². The lowest BCUT2D eigenvalue weighted by atomic mass is 10.1. The van der Waals surface area contributed by atoms with Gasteiger partial charge in [-0.2, -0.15) is 0 Å². The fraction of sp³-hybridized carbons (Fsp3) is 0.182. The zero-order chi connectivity index (χ0) is 16.2. The fourth-order valence-corrected chi connectivity index (χ4v) is 1.99. The van der Waals surface area contributed by atoms with Crippen molar-refractivity contribution in [2.45, 2.75) is 12.5 Å². The summed E-state index contributed by atoms with van der Waals surface area (Å²) in [5, 5.41) is 30.1. The number of nitro groups is 1. The van der Waals surface area contributed by atoms with E-state index in [2.05, 4.69) is 0 Å². The van der Waals surface area contributed by atoms with Gasteiger partial charge in [-0.25, -0.2) is 4.79 Å². The lowest BCUT2D eigenvalue weighted by Gasteiger charge is -2.13. The molecule has 0 aliphatic heterocycles. The molecule has 0 aliphatic rings. The second-order valence-electron chi connectivity index (χ2n) is 3.88. The summed E-state index contributed by atoms with van der Waals surface area (Å²) in [6.45, 7) is 0. The Morgan fingerprint density at radius 1 is 1.33 bits per heavy atom. The van der Waals surface area contributed by atoms with Gasteiger partial charge in [0.15, 0.2) is 0 Å². The molecule has 1 aromatic rings. The SMILES string of the molecule is O=C(O)C[C@H](NC(=O)c1cc([N+](=O)[O-])ccc1I)C(=O)O. The van der Waals surface area contributed by atoms with Crippen LogP contribution in [0.25, 0.3) is 0 Å². The van der Waals surface area contributed by atoms with Crippen molar-refractivity contribution in [2.75, 3.05) is 0 Å². The molecule has 112 valence electrons. The summed E-state index contributed by atoms with van der Waals surface area (Å²) in [5.74, 6) is -3.79. The second-order valence-corrected chi connectivity index (χ2v) is 5.05. The molecule has 0 spiro atoms. The van der Waals surface area contributed by atoms with Crippen molar-refractivity contribution < 1.29 is 29.5 Å². The standard InChI is InChI=1S/C11H9IN2O7/c12-7-2-1-5(14(20)21)3-6(7)10(17)13-8(11(18)19)4-9(15)16/h1-3,8H,4H2,(H,13,17)(H,15,16)(H,18,19)/t8-/m0/s1. The highest BCUT2D eigenvalue weighted by molar-refractivity contribution is 14.1. The van der Waals surface area contributed by atoms with Gasteiger partial charge >= 0.3 is 11.9 Å². The molecule has 0 heterocycles. The smallest absolute Gasteiger partial charge is 0.326 e. The molecule has 0 radical (unpaired) electrons. The number of halogens is 1. The number of non-ortho nitro benzene ring substituents is 1. The molecule has 1 rings (SSSR count). The molecule has 0 fully saturated rings. The Morgan fingerprint density at radius 2 is 1.95 bits per heavy atom. The molecular weight excluding hydrogens is 399 g/mol. The van der Waals surface area contributed by atoms with E-state index in [1.165, 1.54) is 12.1 Å². The Hall–Kier alpha value is -2.24. The van der Waals surface area contributed by atoms with E-state index in [0.717, 1.165) is 6.07 Å². The van der Waals surface area contributed by atoms with Gasteiger partial charge < -0.3 is 15.5 Å². The van der Waals surface area contributed by atoms with Crippen LogP contribution in [-0.2, 0) is 9.59 Å². The van der Waals surface area contributed by atoms with Crippen LogP contribution in [0, 0.1) is 13.7 Å². The molecule has 1 aromatic carbocycles. The first-order valence-electron chi connectivity index (χ1n) is 5.41. The van der Waals surface area contributed by atoms with Crippen molar-refractivity contribution in [3.05, 3.63) is 37.4 Å². The van der Waals surface area contributed by atoms with Gasteiger partial charge in [-0.15, -0.1) is 0 Å². The monoisotopic (exact) mass is 408 g/mol. The minimum absolute atomic E-state index is 0.0959. The van der Waals surface area contributed by atoms with Crippen molar-refractivity contribution in [1.29, 1.82) is 0 Å². The molecule has 0 saturated heterocycles. The molecule has 21 heavy (non-hydrogen) atoms. The minimum Gasteiger partial charge on any atom is -0.481 e. The van der Waals surface area contributed by atoms with E-state index in [1.807, 2.05) is 5.32 Å². The number of rotatable bonds is 6. The van der Waals surface area contributed by atoms with E-state index in [-0.39, 0.29) is 11.3 Å². The van der Waals surface area contributed by atoms with Crippen molar-refractivity contribution in [3.63, 3.8) is 0 Å². The van der Waals surface area contributed by atoms with Crippen LogP contribution in [0.2, 0.25) is 0 Å².